The van der Waals surface area contributed by atoms with Crippen molar-refractivity contribution in [3.63, 3.8) is 0 Å². The molecule has 0 aliphatic rings. The van der Waals surface area contributed by atoms with Crippen LogP contribution in [0.1, 0.15) is 6.92 Å². The minimum atomic E-state index is -0.989. The smallest absolute Gasteiger partial charge is 0.406 e. The number of carbonyl (C=O) groups is 1. The maximum Gasteiger partial charge on any atom is 0.406 e. The average Bonchev–Trinajstić information content (AvgIpc) is 1.65. The van der Waals surface area contributed by atoms with Gasteiger partial charge in [0.25, 0.3) is 0 Å². The number of nitrogens with zero attached hydrogens (tertiary/aromatic N) is 1. The molecule has 0 rings (SSSR count). The molecule has 0 aromatic rings. The van der Waals surface area contributed by atoms with E-state index < -0.39 is 12.3 Å². The number of nitroso groups, excluding NO2 is 1. The van der Waals surface area contributed by atoms with E-state index in [2.05, 4.69) is 15.6 Å². The van der Waals surface area contributed by atoms with E-state index in [1.807, 2.05) is 0 Å². The molecule has 0 aromatic carbocycles. The van der Waals surface area contributed by atoms with Crippen LogP contribution in [0.5, 0.6) is 0 Å². The fourth-order valence-electron chi connectivity index (χ4n) is 0.190. The lowest BCUT2D eigenvalue weighted by Crippen LogP contribution is -2.18. The quantitative estimate of drug-likeness (QED) is 0.525. The van der Waals surface area contributed by atoms with Gasteiger partial charge in [0.1, 0.15) is 0 Å². The third-order valence-electron chi connectivity index (χ3n) is 0.435. The van der Waals surface area contributed by atoms with Crippen molar-refractivity contribution in [1.82, 2.24) is 0 Å². The molecule has 0 spiro atoms. The SMILES string of the molecule is CC(N=O)OC(N)=O. The zero-order valence-corrected chi connectivity index (χ0v) is 4.33. The van der Waals surface area contributed by atoms with Gasteiger partial charge in [0.05, 0.1) is 0 Å². The van der Waals surface area contributed by atoms with Crippen molar-refractivity contribution in [2.75, 3.05) is 0 Å². The van der Waals surface area contributed by atoms with Crippen LogP contribution in [0, 0.1) is 4.91 Å². The first-order valence-corrected chi connectivity index (χ1v) is 1.95. The Morgan fingerprint density at radius 2 is 2.38 bits per heavy atom. The number of hydrogen-bond donors (Lipinski definition) is 1. The van der Waals surface area contributed by atoms with Crippen LogP contribution in [0.3, 0.4) is 0 Å². The summed E-state index contributed by atoms with van der Waals surface area (Å²) in [6, 6.07) is 0. The molecule has 0 aliphatic heterocycles. The van der Waals surface area contributed by atoms with Crippen LogP contribution in [0.2, 0.25) is 0 Å². The van der Waals surface area contributed by atoms with Crippen LogP contribution < -0.4 is 5.73 Å². The minimum absolute atomic E-state index is 0.979. The highest BCUT2D eigenvalue weighted by Gasteiger charge is 2.01. The zero-order chi connectivity index (χ0) is 6.57. The van der Waals surface area contributed by atoms with Crippen molar-refractivity contribution in [2.45, 2.75) is 13.2 Å². The lowest BCUT2D eigenvalue weighted by atomic mass is 10.7. The summed E-state index contributed by atoms with van der Waals surface area (Å²) in [5, 5.41) is 2.36. The van der Waals surface area contributed by atoms with E-state index in [0.29, 0.717) is 0 Å². The van der Waals surface area contributed by atoms with Crippen molar-refractivity contribution < 1.29 is 9.53 Å². The van der Waals surface area contributed by atoms with Gasteiger partial charge in [-0.05, 0) is 12.1 Å². The summed E-state index contributed by atoms with van der Waals surface area (Å²) in [7, 11) is 0. The molecular formula is C3H6N2O3. The number of ether oxygens (including phenoxy) is 1. The Morgan fingerprint density at radius 1 is 1.88 bits per heavy atom. The van der Waals surface area contributed by atoms with Gasteiger partial charge in [0, 0.05) is 0 Å². The van der Waals surface area contributed by atoms with Gasteiger partial charge in [-0.15, -0.1) is 4.91 Å². The van der Waals surface area contributed by atoms with Crippen LogP contribution in [0.15, 0.2) is 5.18 Å². The molecule has 1 amide bonds. The Bertz CT molecular complexity index is 103. The summed E-state index contributed by atoms with van der Waals surface area (Å²) >= 11 is 0. The lowest BCUT2D eigenvalue weighted by Gasteiger charge is -1.98. The van der Waals surface area contributed by atoms with Gasteiger partial charge < -0.3 is 10.5 Å². The van der Waals surface area contributed by atoms with Gasteiger partial charge in [-0.2, -0.15) is 0 Å². The number of hydrogen-bond acceptors (Lipinski definition) is 4. The maximum atomic E-state index is 9.77. The van der Waals surface area contributed by atoms with Gasteiger partial charge in [-0.1, -0.05) is 0 Å². The molecule has 5 nitrogen and oxygen atoms in total. The molecule has 0 aliphatic carbocycles. The Hall–Kier alpha value is -1.13. The molecule has 5 heteroatoms. The molecule has 8 heavy (non-hydrogen) atoms. The second kappa shape index (κ2) is 2.95. The van der Waals surface area contributed by atoms with Crippen LogP contribution in [-0.4, -0.2) is 12.3 Å². The van der Waals surface area contributed by atoms with Gasteiger partial charge in [-0.25, -0.2) is 4.79 Å². The second-order valence-corrected chi connectivity index (χ2v) is 1.14. The van der Waals surface area contributed by atoms with Gasteiger partial charge >= 0.3 is 6.09 Å². The molecule has 0 aromatic heterocycles. The molecule has 0 saturated carbocycles. The number of primary amides is 1. The molecule has 0 saturated heterocycles. The van der Waals surface area contributed by atoms with E-state index in [1.165, 1.54) is 6.92 Å². The van der Waals surface area contributed by atoms with Crippen molar-refractivity contribution in [3.05, 3.63) is 4.91 Å². The standard InChI is InChI=1S/C3H6N2O3/c1-2(5-7)8-3(4)6/h2H,1H3,(H2,4,6). The fourth-order valence-corrected chi connectivity index (χ4v) is 0.190. The van der Waals surface area contributed by atoms with Crippen LogP contribution in [0.4, 0.5) is 4.79 Å². The third-order valence-corrected chi connectivity index (χ3v) is 0.435. The monoisotopic (exact) mass is 118 g/mol. The zero-order valence-electron chi connectivity index (χ0n) is 4.33. The topological polar surface area (TPSA) is 81.8 Å². The molecule has 0 fully saturated rings. The predicted molar refractivity (Wildman–Crippen MR) is 25.9 cm³/mol. The molecule has 0 bridgehead atoms. The number of carbonyl (C=O) groups excluding carboxylic acids is 1. The third kappa shape index (κ3) is 3.08. The average molecular weight is 118 g/mol. The second-order valence-electron chi connectivity index (χ2n) is 1.14. The summed E-state index contributed by atoms with van der Waals surface area (Å²) in [5.41, 5.74) is 4.51. The first-order valence-electron chi connectivity index (χ1n) is 1.95. The highest BCUT2D eigenvalue weighted by atomic mass is 16.6. The highest BCUT2D eigenvalue weighted by Crippen LogP contribution is 1.88. The fraction of sp³-hybridized carbons (Fsp3) is 0.667. The predicted octanol–water partition coefficient (Wildman–Crippen LogP) is 0.194. The van der Waals surface area contributed by atoms with Crippen LogP contribution in [-0.2, 0) is 4.74 Å². The highest BCUT2D eigenvalue weighted by molar-refractivity contribution is 5.64. The maximum absolute atomic E-state index is 9.77. The van der Waals surface area contributed by atoms with E-state index in [1.54, 1.807) is 0 Å². The summed E-state index contributed by atoms with van der Waals surface area (Å²) < 4.78 is 4.06. The Labute approximate surface area is 45.8 Å². The van der Waals surface area contributed by atoms with Crippen molar-refractivity contribution in [3.8, 4) is 0 Å². The molecule has 46 valence electrons. The van der Waals surface area contributed by atoms with Crippen molar-refractivity contribution in [1.29, 1.82) is 0 Å². The number of nitrogens with two attached hydrogens (primary N) is 1. The Balaban J connectivity index is 3.38. The van der Waals surface area contributed by atoms with E-state index in [9.17, 15) is 9.70 Å². The van der Waals surface area contributed by atoms with E-state index in [-0.39, 0.29) is 0 Å². The summed E-state index contributed by atoms with van der Waals surface area (Å²) in [6.07, 6.45) is -1.97. The minimum Gasteiger partial charge on any atom is -0.421 e. The lowest BCUT2D eigenvalue weighted by molar-refractivity contribution is 0.120. The molecule has 2 N–H and O–H groups in total. The van der Waals surface area contributed by atoms with Crippen LogP contribution >= 0.6 is 0 Å². The molecule has 0 radical (unpaired) electrons. The summed E-state index contributed by atoms with van der Waals surface area (Å²) in [5.74, 6) is 0. The number of amides is 1. The normalized spacial score (nSPS) is 12.1. The van der Waals surface area contributed by atoms with Crippen LogP contribution in [0.25, 0.3) is 0 Å². The molecule has 1 atom stereocenters. The van der Waals surface area contributed by atoms with E-state index >= 15 is 0 Å². The van der Waals surface area contributed by atoms with Gasteiger partial charge in [-0.3, -0.25) is 0 Å². The van der Waals surface area contributed by atoms with Gasteiger partial charge in [0.2, 0.25) is 6.23 Å². The molecule has 0 heterocycles. The first-order chi connectivity index (χ1) is 3.66. The number of rotatable bonds is 2. The van der Waals surface area contributed by atoms with E-state index in [4.69, 9.17) is 0 Å². The molecule has 1 unspecified atom stereocenters. The van der Waals surface area contributed by atoms with Crippen molar-refractivity contribution >= 4 is 6.09 Å². The first kappa shape index (κ1) is 6.87. The van der Waals surface area contributed by atoms with Gasteiger partial charge in [0.15, 0.2) is 0 Å². The summed E-state index contributed by atoms with van der Waals surface area (Å²) in [4.78, 5) is 19.2. The summed E-state index contributed by atoms with van der Waals surface area (Å²) in [6.45, 7) is 1.32. The largest absolute Gasteiger partial charge is 0.421 e. The Kier molecular flexibility index (Phi) is 2.53. The molecular weight excluding hydrogens is 112 g/mol. The Morgan fingerprint density at radius 3 is 2.50 bits per heavy atom. The van der Waals surface area contributed by atoms with E-state index in [0.717, 1.165) is 0 Å². The van der Waals surface area contributed by atoms with Crippen molar-refractivity contribution in [2.24, 2.45) is 10.9 Å².